The van der Waals surface area contributed by atoms with Gasteiger partial charge in [-0.3, -0.25) is 0 Å². The molecule has 0 radical (unpaired) electrons. The summed E-state index contributed by atoms with van der Waals surface area (Å²) in [6.07, 6.45) is 1.71. The highest BCUT2D eigenvalue weighted by Gasteiger charge is 2.18. The second-order valence-electron chi connectivity index (χ2n) is 4.56. The molecule has 0 bridgehead atoms. The van der Waals surface area contributed by atoms with Crippen molar-refractivity contribution in [3.05, 3.63) is 46.8 Å². The maximum absolute atomic E-state index is 11.6. The first kappa shape index (κ1) is 14.2. The molecule has 2 rings (SSSR count). The van der Waals surface area contributed by atoms with Crippen LogP contribution in [0.5, 0.6) is 0 Å². The molecule has 5 nitrogen and oxygen atoms in total. The number of aromatic nitrogens is 3. The molecule has 2 aromatic rings. The number of esters is 1. The number of benzene rings is 1. The third kappa shape index (κ3) is 2.87. The molecule has 0 N–H and O–H groups in total. The predicted octanol–water partition coefficient (Wildman–Crippen LogP) is 2.24. The minimum atomic E-state index is -0.436. The Balaban J connectivity index is 2.24. The van der Waals surface area contributed by atoms with Crippen molar-refractivity contribution in [3.63, 3.8) is 0 Å². The minimum absolute atomic E-state index is 0.306. The number of carbonyl (C=O) groups excluding carboxylic acids is 1. The van der Waals surface area contributed by atoms with Crippen LogP contribution in [-0.4, -0.2) is 28.1 Å². The molecule has 0 amide bonds. The van der Waals surface area contributed by atoms with Gasteiger partial charge >= 0.3 is 5.97 Å². The third-order valence-electron chi connectivity index (χ3n) is 3.31. The van der Waals surface area contributed by atoms with E-state index in [9.17, 15) is 4.79 Å². The zero-order valence-electron chi connectivity index (χ0n) is 12.1. The zero-order valence-corrected chi connectivity index (χ0v) is 12.1. The summed E-state index contributed by atoms with van der Waals surface area (Å²) in [5, 5.41) is 7.99. The van der Waals surface area contributed by atoms with Crippen LogP contribution in [0.4, 0.5) is 0 Å². The molecule has 106 valence electrons. The van der Waals surface area contributed by atoms with Crippen molar-refractivity contribution < 1.29 is 9.53 Å². The number of nitrogens with zero attached hydrogens (tertiary/aromatic N) is 3. The fourth-order valence-electron chi connectivity index (χ4n) is 2.12. The molecule has 1 aromatic heterocycles. The van der Waals surface area contributed by atoms with Crippen LogP contribution in [0.1, 0.15) is 41.2 Å². The lowest BCUT2D eigenvalue weighted by molar-refractivity contribution is 0.0592. The summed E-state index contributed by atoms with van der Waals surface area (Å²) in [6, 6.07) is 8.38. The Labute approximate surface area is 118 Å². The van der Waals surface area contributed by atoms with E-state index in [1.165, 1.54) is 12.7 Å². The van der Waals surface area contributed by atoms with Gasteiger partial charge in [0.15, 0.2) is 5.69 Å². The molecule has 0 aliphatic rings. The van der Waals surface area contributed by atoms with Crippen LogP contribution in [-0.2, 0) is 24.1 Å². The standard InChI is InChI=1S/C15H19N3O2/c1-4-11-6-8-12(9-7-11)10-18-13(5-2)14(16-17-18)15(19)20-3/h6-9H,4-5,10H2,1-3H3. The van der Waals surface area contributed by atoms with Crippen LogP contribution in [0.2, 0.25) is 0 Å². The molecule has 0 saturated carbocycles. The zero-order chi connectivity index (χ0) is 14.5. The minimum Gasteiger partial charge on any atom is -0.464 e. The van der Waals surface area contributed by atoms with E-state index in [0.717, 1.165) is 17.7 Å². The Kier molecular flexibility index (Phi) is 4.50. The van der Waals surface area contributed by atoms with Crippen LogP contribution < -0.4 is 0 Å². The highest BCUT2D eigenvalue weighted by atomic mass is 16.5. The number of carbonyl (C=O) groups is 1. The van der Waals surface area contributed by atoms with Crippen molar-refractivity contribution in [2.24, 2.45) is 0 Å². The van der Waals surface area contributed by atoms with Gasteiger partial charge in [0.2, 0.25) is 0 Å². The number of ether oxygens (including phenoxy) is 1. The fraction of sp³-hybridized carbons (Fsp3) is 0.400. The van der Waals surface area contributed by atoms with Crippen LogP contribution in [0, 0.1) is 0 Å². The molecule has 0 atom stereocenters. The number of hydrogen-bond acceptors (Lipinski definition) is 4. The summed E-state index contributed by atoms with van der Waals surface area (Å²) < 4.78 is 6.47. The fourth-order valence-corrected chi connectivity index (χ4v) is 2.12. The van der Waals surface area contributed by atoms with E-state index in [0.29, 0.717) is 18.7 Å². The number of methoxy groups -OCH3 is 1. The van der Waals surface area contributed by atoms with Gasteiger partial charge in [0.1, 0.15) is 0 Å². The Morgan fingerprint density at radius 1 is 1.15 bits per heavy atom. The summed E-state index contributed by atoms with van der Waals surface area (Å²) in [6.45, 7) is 4.71. The highest BCUT2D eigenvalue weighted by molar-refractivity contribution is 5.88. The molecule has 20 heavy (non-hydrogen) atoms. The topological polar surface area (TPSA) is 57.0 Å². The molecular weight excluding hydrogens is 254 g/mol. The molecule has 0 saturated heterocycles. The Morgan fingerprint density at radius 2 is 1.80 bits per heavy atom. The van der Waals surface area contributed by atoms with Crippen molar-refractivity contribution in [2.45, 2.75) is 33.2 Å². The summed E-state index contributed by atoms with van der Waals surface area (Å²) in [4.78, 5) is 11.6. The van der Waals surface area contributed by atoms with Crippen LogP contribution >= 0.6 is 0 Å². The van der Waals surface area contributed by atoms with Crippen LogP contribution in [0.15, 0.2) is 24.3 Å². The monoisotopic (exact) mass is 273 g/mol. The van der Waals surface area contributed by atoms with Crippen molar-refractivity contribution >= 4 is 5.97 Å². The lowest BCUT2D eigenvalue weighted by Gasteiger charge is -2.06. The molecular formula is C15H19N3O2. The van der Waals surface area contributed by atoms with Gasteiger partial charge in [-0.1, -0.05) is 43.3 Å². The number of hydrogen-bond donors (Lipinski definition) is 0. The van der Waals surface area contributed by atoms with Crippen molar-refractivity contribution in [1.29, 1.82) is 0 Å². The molecule has 0 unspecified atom stereocenters. The molecule has 0 spiro atoms. The van der Waals surface area contributed by atoms with E-state index in [1.807, 2.05) is 6.92 Å². The van der Waals surface area contributed by atoms with E-state index in [2.05, 4.69) is 41.5 Å². The van der Waals surface area contributed by atoms with Gasteiger partial charge < -0.3 is 4.74 Å². The van der Waals surface area contributed by atoms with E-state index in [4.69, 9.17) is 4.74 Å². The molecule has 1 aromatic carbocycles. The highest BCUT2D eigenvalue weighted by Crippen LogP contribution is 2.12. The van der Waals surface area contributed by atoms with Crippen molar-refractivity contribution in [1.82, 2.24) is 15.0 Å². The average molecular weight is 273 g/mol. The largest absolute Gasteiger partial charge is 0.464 e. The van der Waals surface area contributed by atoms with E-state index in [-0.39, 0.29) is 0 Å². The lowest BCUT2D eigenvalue weighted by Crippen LogP contribution is -2.09. The summed E-state index contributed by atoms with van der Waals surface area (Å²) in [7, 11) is 1.35. The van der Waals surface area contributed by atoms with E-state index >= 15 is 0 Å². The molecule has 0 aliphatic carbocycles. The SMILES string of the molecule is CCc1ccc(Cn2nnc(C(=O)OC)c2CC)cc1. The van der Waals surface area contributed by atoms with Crippen molar-refractivity contribution in [3.8, 4) is 0 Å². The first-order chi connectivity index (χ1) is 9.69. The second kappa shape index (κ2) is 6.32. The van der Waals surface area contributed by atoms with E-state index < -0.39 is 5.97 Å². The Bertz CT molecular complexity index is 588. The average Bonchev–Trinajstić information content (AvgIpc) is 2.89. The van der Waals surface area contributed by atoms with Crippen molar-refractivity contribution in [2.75, 3.05) is 7.11 Å². The number of aryl methyl sites for hydroxylation is 1. The maximum atomic E-state index is 11.6. The molecule has 5 heteroatoms. The Hall–Kier alpha value is -2.17. The quantitative estimate of drug-likeness (QED) is 0.784. The van der Waals surface area contributed by atoms with Gasteiger partial charge in [0, 0.05) is 0 Å². The third-order valence-corrected chi connectivity index (χ3v) is 3.31. The lowest BCUT2D eigenvalue weighted by atomic mass is 10.1. The van der Waals surface area contributed by atoms with Crippen LogP contribution in [0.25, 0.3) is 0 Å². The first-order valence-electron chi connectivity index (χ1n) is 6.78. The summed E-state index contributed by atoms with van der Waals surface area (Å²) in [5.74, 6) is -0.436. The van der Waals surface area contributed by atoms with Crippen LogP contribution in [0.3, 0.4) is 0 Å². The van der Waals surface area contributed by atoms with Gasteiger partial charge in [0.25, 0.3) is 0 Å². The summed E-state index contributed by atoms with van der Waals surface area (Å²) in [5.41, 5.74) is 3.55. The van der Waals surface area contributed by atoms with Gasteiger partial charge in [-0.2, -0.15) is 0 Å². The first-order valence-corrected chi connectivity index (χ1v) is 6.78. The molecule has 0 aliphatic heterocycles. The second-order valence-corrected chi connectivity index (χ2v) is 4.56. The van der Waals surface area contributed by atoms with Gasteiger partial charge in [0.05, 0.1) is 19.3 Å². The van der Waals surface area contributed by atoms with Gasteiger partial charge in [-0.15, -0.1) is 5.10 Å². The van der Waals surface area contributed by atoms with E-state index in [1.54, 1.807) is 4.68 Å². The summed E-state index contributed by atoms with van der Waals surface area (Å²) >= 11 is 0. The normalized spacial score (nSPS) is 10.6. The maximum Gasteiger partial charge on any atom is 0.360 e. The number of rotatable bonds is 5. The molecule has 0 fully saturated rings. The Morgan fingerprint density at radius 3 is 2.35 bits per heavy atom. The predicted molar refractivity (Wildman–Crippen MR) is 75.7 cm³/mol. The van der Waals surface area contributed by atoms with Gasteiger partial charge in [-0.25, -0.2) is 9.48 Å². The smallest absolute Gasteiger partial charge is 0.360 e. The molecule has 1 heterocycles. The van der Waals surface area contributed by atoms with Gasteiger partial charge in [-0.05, 0) is 24.0 Å².